The van der Waals surface area contributed by atoms with E-state index in [2.05, 4.69) is 19.2 Å². The molecule has 0 atom stereocenters. The van der Waals surface area contributed by atoms with Gasteiger partial charge in [0.05, 0.1) is 4.92 Å². The van der Waals surface area contributed by atoms with E-state index in [9.17, 15) is 14.5 Å². The topological polar surface area (TPSA) is 55.2 Å². The summed E-state index contributed by atoms with van der Waals surface area (Å²) in [6.07, 6.45) is 4.34. The molecule has 0 aromatic heterocycles. The molecule has 0 unspecified atom stereocenters. The molecule has 0 spiro atoms. The van der Waals surface area contributed by atoms with Crippen molar-refractivity contribution < 1.29 is 9.31 Å². The lowest BCUT2D eigenvalue weighted by Gasteiger charge is -2.12. The molecule has 0 aliphatic heterocycles. The van der Waals surface area contributed by atoms with Crippen molar-refractivity contribution in [3.63, 3.8) is 0 Å². The molecule has 108 valence electrons. The van der Waals surface area contributed by atoms with E-state index in [0.29, 0.717) is 17.5 Å². The first-order valence-corrected chi connectivity index (χ1v) is 6.85. The van der Waals surface area contributed by atoms with E-state index in [1.165, 1.54) is 18.9 Å². The number of hydrogen-bond acceptors (Lipinski definition) is 3. The SMILES string of the molecule is CC(C)/C(=C/c1ccc(F)c([N+](=O)[O-])c1)CNC1CC1. The fraction of sp³-hybridized carbons (Fsp3) is 0.467. The Morgan fingerprint density at radius 3 is 2.80 bits per heavy atom. The fourth-order valence-corrected chi connectivity index (χ4v) is 1.94. The average Bonchev–Trinajstić information content (AvgIpc) is 3.19. The summed E-state index contributed by atoms with van der Waals surface area (Å²) in [6, 6.07) is 4.62. The number of benzene rings is 1. The minimum absolute atomic E-state index is 0.338. The zero-order chi connectivity index (χ0) is 14.7. The molecular weight excluding hydrogens is 259 g/mol. The predicted octanol–water partition coefficient (Wildman–Crippen LogP) is 3.53. The van der Waals surface area contributed by atoms with Gasteiger partial charge in [-0.2, -0.15) is 4.39 Å². The normalized spacial score (nSPS) is 15.7. The van der Waals surface area contributed by atoms with Gasteiger partial charge >= 0.3 is 5.69 Å². The van der Waals surface area contributed by atoms with Crippen molar-refractivity contribution in [3.05, 3.63) is 45.3 Å². The minimum atomic E-state index is -0.797. The summed E-state index contributed by atoms with van der Waals surface area (Å²) >= 11 is 0. The molecule has 5 heteroatoms. The lowest BCUT2D eigenvalue weighted by molar-refractivity contribution is -0.387. The van der Waals surface area contributed by atoms with Crippen LogP contribution in [0.4, 0.5) is 10.1 Å². The molecule has 4 nitrogen and oxygen atoms in total. The van der Waals surface area contributed by atoms with Gasteiger partial charge in [-0.1, -0.05) is 31.6 Å². The van der Waals surface area contributed by atoms with E-state index in [0.717, 1.165) is 18.2 Å². The Hall–Kier alpha value is -1.75. The Kier molecular flexibility index (Phi) is 4.49. The second kappa shape index (κ2) is 6.13. The first-order chi connectivity index (χ1) is 9.47. The maximum atomic E-state index is 13.3. The molecule has 0 radical (unpaired) electrons. The third-order valence-corrected chi connectivity index (χ3v) is 3.43. The smallest absolute Gasteiger partial charge is 0.305 e. The van der Waals surface area contributed by atoms with E-state index in [1.54, 1.807) is 6.07 Å². The van der Waals surface area contributed by atoms with Gasteiger partial charge in [0.2, 0.25) is 5.82 Å². The molecule has 0 amide bonds. The fourth-order valence-electron chi connectivity index (χ4n) is 1.94. The average molecular weight is 278 g/mol. The number of halogens is 1. The Morgan fingerprint density at radius 2 is 2.25 bits per heavy atom. The summed E-state index contributed by atoms with van der Waals surface area (Å²) in [5.41, 5.74) is 1.36. The van der Waals surface area contributed by atoms with Gasteiger partial charge in [-0.15, -0.1) is 0 Å². The summed E-state index contributed by atoms with van der Waals surface area (Å²) in [4.78, 5) is 10.1. The molecule has 20 heavy (non-hydrogen) atoms. The molecule has 1 N–H and O–H groups in total. The Labute approximate surface area is 117 Å². The highest BCUT2D eigenvalue weighted by Gasteiger charge is 2.21. The molecule has 1 aliphatic carbocycles. The minimum Gasteiger partial charge on any atom is -0.310 e. The van der Waals surface area contributed by atoms with Crippen LogP contribution in [0.3, 0.4) is 0 Å². The maximum Gasteiger partial charge on any atom is 0.305 e. The Balaban J connectivity index is 2.20. The molecule has 0 saturated heterocycles. The third kappa shape index (κ3) is 3.87. The summed E-state index contributed by atoms with van der Waals surface area (Å²) in [6.45, 7) is 4.93. The van der Waals surface area contributed by atoms with Crippen molar-refractivity contribution >= 4 is 11.8 Å². The number of nitrogens with one attached hydrogen (secondary N) is 1. The lowest BCUT2D eigenvalue weighted by atomic mass is 10.00. The van der Waals surface area contributed by atoms with E-state index in [1.807, 2.05) is 6.08 Å². The standard InChI is InChI=1S/C15H19FN2O2/c1-10(2)12(9-17-13-4-5-13)7-11-3-6-14(16)15(8-11)18(19)20/h3,6-8,10,13,17H,4-5,9H2,1-2H3/b12-7+. The highest BCUT2D eigenvalue weighted by atomic mass is 19.1. The zero-order valence-corrected chi connectivity index (χ0v) is 11.7. The van der Waals surface area contributed by atoms with Gasteiger partial charge in [-0.05, 0) is 30.4 Å². The van der Waals surface area contributed by atoms with Crippen LogP contribution in [-0.4, -0.2) is 17.5 Å². The van der Waals surface area contributed by atoms with E-state index >= 15 is 0 Å². The van der Waals surface area contributed by atoms with Crippen molar-refractivity contribution in [2.45, 2.75) is 32.7 Å². The van der Waals surface area contributed by atoms with Crippen molar-refractivity contribution in [2.24, 2.45) is 5.92 Å². The summed E-state index contributed by atoms with van der Waals surface area (Å²) in [7, 11) is 0. The van der Waals surface area contributed by atoms with Gasteiger partial charge in [0.15, 0.2) is 0 Å². The van der Waals surface area contributed by atoms with Crippen LogP contribution in [0.1, 0.15) is 32.3 Å². The highest BCUT2D eigenvalue weighted by Crippen LogP contribution is 2.23. The lowest BCUT2D eigenvalue weighted by Crippen LogP contribution is -2.21. The highest BCUT2D eigenvalue weighted by molar-refractivity contribution is 5.57. The molecule has 0 heterocycles. The molecule has 1 aliphatic rings. The number of hydrogen-bond donors (Lipinski definition) is 1. The van der Waals surface area contributed by atoms with Crippen LogP contribution in [-0.2, 0) is 0 Å². The van der Waals surface area contributed by atoms with Gasteiger partial charge in [0.25, 0.3) is 0 Å². The predicted molar refractivity (Wildman–Crippen MR) is 76.9 cm³/mol. The summed E-state index contributed by atoms with van der Waals surface area (Å²) in [5.74, 6) is -0.459. The van der Waals surface area contributed by atoms with Gasteiger partial charge in [0.1, 0.15) is 0 Å². The molecule has 1 aromatic rings. The van der Waals surface area contributed by atoms with Crippen molar-refractivity contribution in [1.29, 1.82) is 0 Å². The van der Waals surface area contributed by atoms with Gasteiger partial charge < -0.3 is 5.32 Å². The quantitative estimate of drug-likeness (QED) is 0.639. The van der Waals surface area contributed by atoms with Gasteiger partial charge in [-0.25, -0.2) is 0 Å². The van der Waals surface area contributed by atoms with Crippen molar-refractivity contribution in [3.8, 4) is 0 Å². The van der Waals surface area contributed by atoms with Crippen LogP contribution in [0.25, 0.3) is 6.08 Å². The Morgan fingerprint density at radius 1 is 1.55 bits per heavy atom. The first kappa shape index (κ1) is 14.7. The number of nitro groups is 1. The van der Waals surface area contributed by atoms with Gasteiger partial charge in [0, 0.05) is 18.7 Å². The molecule has 2 rings (SSSR count). The van der Waals surface area contributed by atoms with Crippen LogP contribution in [0.2, 0.25) is 0 Å². The zero-order valence-electron chi connectivity index (χ0n) is 11.7. The number of rotatable bonds is 6. The second-order valence-corrected chi connectivity index (χ2v) is 5.50. The van der Waals surface area contributed by atoms with Crippen molar-refractivity contribution in [2.75, 3.05) is 6.54 Å². The Bertz CT molecular complexity index is 537. The largest absolute Gasteiger partial charge is 0.310 e. The molecule has 1 saturated carbocycles. The summed E-state index contributed by atoms with van der Waals surface area (Å²) in [5, 5.41) is 14.2. The van der Waals surface area contributed by atoms with Crippen LogP contribution in [0.15, 0.2) is 23.8 Å². The van der Waals surface area contributed by atoms with Gasteiger partial charge in [-0.3, -0.25) is 10.1 Å². The molecular formula is C15H19FN2O2. The van der Waals surface area contributed by atoms with Crippen LogP contribution in [0, 0.1) is 21.8 Å². The van der Waals surface area contributed by atoms with Crippen LogP contribution in [0.5, 0.6) is 0 Å². The van der Waals surface area contributed by atoms with E-state index < -0.39 is 16.4 Å². The van der Waals surface area contributed by atoms with Crippen molar-refractivity contribution in [1.82, 2.24) is 5.32 Å². The number of nitro benzene ring substituents is 1. The maximum absolute atomic E-state index is 13.3. The second-order valence-electron chi connectivity index (χ2n) is 5.50. The van der Waals surface area contributed by atoms with E-state index in [-0.39, 0.29) is 0 Å². The van der Waals surface area contributed by atoms with Crippen LogP contribution < -0.4 is 5.32 Å². The molecule has 1 aromatic carbocycles. The van der Waals surface area contributed by atoms with Crippen LogP contribution >= 0.6 is 0 Å². The third-order valence-electron chi connectivity index (χ3n) is 3.43. The summed E-state index contributed by atoms with van der Waals surface area (Å²) < 4.78 is 13.3. The monoisotopic (exact) mass is 278 g/mol. The first-order valence-electron chi connectivity index (χ1n) is 6.85. The molecule has 0 bridgehead atoms. The number of nitrogens with zero attached hydrogens (tertiary/aromatic N) is 1. The van der Waals surface area contributed by atoms with E-state index in [4.69, 9.17) is 0 Å². The molecule has 1 fully saturated rings.